The lowest BCUT2D eigenvalue weighted by molar-refractivity contribution is -0.0120. The summed E-state index contributed by atoms with van der Waals surface area (Å²) in [5.41, 5.74) is 0.369. The Bertz CT molecular complexity index is 1120. The molecule has 0 bridgehead atoms. The first-order chi connectivity index (χ1) is 23.3. The van der Waals surface area contributed by atoms with E-state index in [1.54, 1.807) is 4.90 Å². The van der Waals surface area contributed by atoms with Crippen molar-refractivity contribution in [3.05, 3.63) is 35.9 Å². The Morgan fingerprint density at radius 1 is 0.673 bits per heavy atom. The normalized spacial score (nSPS) is 26.0. The molecular formula is C39H66N4O6. The lowest BCUT2D eigenvalue weighted by Crippen LogP contribution is -2.52. The maximum Gasteiger partial charge on any atom is 0.410 e. The molecule has 2 saturated carbocycles. The number of ether oxygens (including phenoxy) is 3. The van der Waals surface area contributed by atoms with Gasteiger partial charge in [-0.3, -0.25) is 0 Å². The Kier molecular flexibility index (Phi) is 15.1. The summed E-state index contributed by atoms with van der Waals surface area (Å²) >= 11 is 0. The van der Waals surface area contributed by atoms with Gasteiger partial charge in [-0.2, -0.15) is 0 Å². The predicted molar refractivity (Wildman–Crippen MR) is 193 cm³/mol. The second-order valence-corrected chi connectivity index (χ2v) is 16.5. The largest absolute Gasteiger partial charge is 0.444 e. The maximum atomic E-state index is 12.2. The van der Waals surface area contributed by atoms with Crippen LogP contribution in [0.4, 0.5) is 9.59 Å². The number of carbonyl (C=O) groups excluding carboxylic acids is 2. The molecule has 1 aromatic rings. The van der Waals surface area contributed by atoms with Crippen molar-refractivity contribution in [2.45, 2.75) is 173 Å². The minimum absolute atomic E-state index is 0.187. The Balaban J connectivity index is 0.000000230. The number of rotatable bonds is 7. The number of aliphatic hydroxyl groups excluding tert-OH is 1. The minimum Gasteiger partial charge on any atom is -0.444 e. The first-order valence-electron chi connectivity index (χ1n) is 19.1. The van der Waals surface area contributed by atoms with Crippen LogP contribution in [0.3, 0.4) is 0 Å². The van der Waals surface area contributed by atoms with Crippen LogP contribution in [0.2, 0.25) is 0 Å². The zero-order valence-electron chi connectivity index (χ0n) is 31.3. The zero-order chi connectivity index (χ0) is 35.4. The van der Waals surface area contributed by atoms with Gasteiger partial charge in [-0.05, 0) is 98.5 Å². The first kappa shape index (κ1) is 39.4. The van der Waals surface area contributed by atoms with E-state index >= 15 is 0 Å². The van der Waals surface area contributed by atoms with Crippen molar-refractivity contribution < 1.29 is 28.9 Å². The second-order valence-electron chi connectivity index (χ2n) is 16.5. The number of nitrogens with zero attached hydrogens (tertiary/aromatic N) is 2. The van der Waals surface area contributed by atoms with Gasteiger partial charge in [0.15, 0.2) is 0 Å². The van der Waals surface area contributed by atoms with Crippen LogP contribution in [-0.4, -0.2) is 101 Å². The van der Waals surface area contributed by atoms with Gasteiger partial charge in [0.25, 0.3) is 0 Å². The molecule has 0 radical (unpaired) electrons. The van der Waals surface area contributed by atoms with Crippen LogP contribution in [0.5, 0.6) is 0 Å². The van der Waals surface area contributed by atoms with Crippen LogP contribution in [0.25, 0.3) is 0 Å². The molecule has 4 fully saturated rings. The molecule has 2 heterocycles. The summed E-state index contributed by atoms with van der Waals surface area (Å²) in [5.74, 6) is 0. The van der Waals surface area contributed by atoms with Crippen molar-refractivity contribution in [1.82, 2.24) is 20.4 Å². The van der Waals surface area contributed by atoms with E-state index in [2.05, 4.69) is 34.9 Å². The van der Waals surface area contributed by atoms with Crippen molar-refractivity contribution >= 4 is 12.2 Å². The number of aliphatic hydroxyl groups is 1. The minimum atomic E-state index is -0.433. The fraction of sp³-hybridized carbons (Fsp3) is 0.795. The number of nitrogens with one attached hydrogen (secondary N) is 2. The average molecular weight is 687 g/mol. The molecule has 2 aliphatic carbocycles. The molecule has 4 aliphatic rings. The van der Waals surface area contributed by atoms with Crippen LogP contribution in [-0.2, 0) is 20.8 Å². The first-order valence-corrected chi connectivity index (χ1v) is 19.1. The van der Waals surface area contributed by atoms with Crippen molar-refractivity contribution in [2.24, 2.45) is 0 Å². The SMILES string of the molecule is CC(C)(C)OC(=O)N1CCC(NC2CCCC[C@@H]2O)CC1.CC(C)(C)OC(=O)N1CCC(NC2CCCC[C@@H]2OCc2ccccc2)CC1. The van der Waals surface area contributed by atoms with Gasteiger partial charge in [-0.15, -0.1) is 0 Å². The van der Waals surface area contributed by atoms with Gasteiger partial charge in [0.05, 0.1) is 18.8 Å². The van der Waals surface area contributed by atoms with Crippen molar-refractivity contribution in [2.75, 3.05) is 26.2 Å². The van der Waals surface area contributed by atoms with Crippen LogP contribution in [0.1, 0.15) is 124 Å². The number of amides is 2. The monoisotopic (exact) mass is 686 g/mol. The maximum absolute atomic E-state index is 12.2. The molecule has 2 unspecified atom stereocenters. The number of hydrogen-bond donors (Lipinski definition) is 3. The summed E-state index contributed by atoms with van der Waals surface area (Å²) in [6, 6.07) is 11.9. The predicted octanol–water partition coefficient (Wildman–Crippen LogP) is 6.78. The summed E-state index contributed by atoms with van der Waals surface area (Å²) in [6.07, 6.45) is 12.6. The van der Waals surface area contributed by atoms with Gasteiger partial charge in [0.2, 0.25) is 0 Å². The summed E-state index contributed by atoms with van der Waals surface area (Å²) in [7, 11) is 0. The summed E-state index contributed by atoms with van der Waals surface area (Å²) in [5, 5.41) is 17.5. The number of likely N-dealkylation sites (tertiary alicyclic amines) is 2. The highest BCUT2D eigenvalue weighted by Gasteiger charge is 2.32. The summed E-state index contributed by atoms with van der Waals surface area (Å²) in [6.45, 7) is 15.1. The second kappa shape index (κ2) is 18.7. The van der Waals surface area contributed by atoms with Crippen molar-refractivity contribution in [3.8, 4) is 0 Å². The molecule has 1 aromatic carbocycles. The highest BCUT2D eigenvalue weighted by atomic mass is 16.6. The molecule has 2 saturated heterocycles. The molecule has 2 amide bonds. The lowest BCUT2D eigenvalue weighted by Gasteiger charge is -2.38. The molecule has 10 heteroatoms. The lowest BCUT2D eigenvalue weighted by atomic mass is 9.90. The highest BCUT2D eigenvalue weighted by Crippen LogP contribution is 2.25. The third kappa shape index (κ3) is 14.0. The number of benzene rings is 1. The quantitative estimate of drug-likeness (QED) is 0.288. The molecule has 0 aromatic heterocycles. The average Bonchev–Trinajstić information content (AvgIpc) is 3.05. The van der Waals surface area contributed by atoms with Crippen LogP contribution in [0.15, 0.2) is 30.3 Å². The standard InChI is InChI=1S/C23H36N2O3.C16H30N2O3/c1-23(2,3)28-22(26)25-15-13-19(14-16-25)24-20-11-7-8-12-21(20)27-17-18-9-5-4-6-10-18;1-16(2,3)21-15(20)18-10-8-12(9-11-18)17-13-6-4-5-7-14(13)19/h4-6,9-10,19-21,24H,7-8,11-17H2,1-3H3;12-14,17,19H,4-11H2,1-3H3/t20?,21-;13?,14-/m00/s1. The fourth-order valence-electron chi connectivity index (χ4n) is 7.29. The Morgan fingerprint density at radius 3 is 1.61 bits per heavy atom. The number of piperidine rings is 2. The molecule has 10 nitrogen and oxygen atoms in total. The van der Waals surface area contributed by atoms with Gasteiger partial charge >= 0.3 is 12.2 Å². The van der Waals surface area contributed by atoms with E-state index < -0.39 is 11.2 Å². The highest BCUT2D eigenvalue weighted by molar-refractivity contribution is 5.68. The van der Waals surface area contributed by atoms with Gasteiger partial charge in [-0.25, -0.2) is 9.59 Å². The van der Waals surface area contributed by atoms with E-state index in [-0.39, 0.29) is 30.4 Å². The molecule has 4 atom stereocenters. The van der Waals surface area contributed by atoms with Gasteiger partial charge in [0, 0.05) is 50.3 Å². The Labute approximate surface area is 296 Å². The van der Waals surface area contributed by atoms with Crippen LogP contribution in [0, 0.1) is 0 Å². The van der Waals surface area contributed by atoms with Crippen molar-refractivity contribution in [1.29, 1.82) is 0 Å². The number of hydrogen-bond acceptors (Lipinski definition) is 8. The van der Waals surface area contributed by atoms with Crippen molar-refractivity contribution in [3.63, 3.8) is 0 Å². The van der Waals surface area contributed by atoms with E-state index in [1.165, 1.54) is 31.2 Å². The van der Waals surface area contributed by atoms with E-state index in [4.69, 9.17) is 14.2 Å². The summed E-state index contributed by atoms with van der Waals surface area (Å²) < 4.78 is 17.2. The van der Waals surface area contributed by atoms with E-state index in [1.807, 2.05) is 52.5 Å². The Morgan fingerprint density at radius 2 is 1.12 bits per heavy atom. The molecule has 0 spiro atoms. The third-order valence-corrected chi connectivity index (χ3v) is 9.93. The molecule has 3 N–H and O–H groups in total. The summed E-state index contributed by atoms with van der Waals surface area (Å²) in [4.78, 5) is 27.9. The fourth-order valence-corrected chi connectivity index (χ4v) is 7.29. The van der Waals surface area contributed by atoms with Gasteiger partial charge in [0.1, 0.15) is 11.2 Å². The molecule has 2 aliphatic heterocycles. The smallest absolute Gasteiger partial charge is 0.410 e. The van der Waals surface area contributed by atoms with E-state index in [9.17, 15) is 14.7 Å². The molecule has 278 valence electrons. The third-order valence-electron chi connectivity index (χ3n) is 9.93. The topological polar surface area (TPSA) is 113 Å². The van der Waals surface area contributed by atoms with E-state index in [0.717, 1.165) is 77.5 Å². The molecule has 5 rings (SSSR count). The van der Waals surface area contributed by atoms with Crippen LogP contribution < -0.4 is 10.6 Å². The Hall–Kier alpha value is -2.40. The van der Waals surface area contributed by atoms with Gasteiger partial charge in [-0.1, -0.05) is 56.0 Å². The number of carbonyl (C=O) groups is 2. The zero-order valence-corrected chi connectivity index (χ0v) is 31.3. The molecular weight excluding hydrogens is 620 g/mol. The van der Waals surface area contributed by atoms with Gasteiger partial charge < -0.3 is 39.8 Å². The van der Waals surface area contributed by atoms with Crippen LogP contribution >= 0.6 is 0 Å². The molecule has 49 heavy (non-hydrogen) atoms. The van der Waals surface area contributed by atoms with E-state index in [0.29, 0.717) is 24.7 Å².